The molecule has 20 heavy (non-hydrogen) atoms. The number of hydrogen-bond acceptors (Lipinski definition) is 3. The van der Waals surface area contributed by atoms with Crippen molar-refractivity contribution in [3.8, 4) is 0 Å². The quantitative estimate of drug-likeness (QED) is 0.894. The van der Waals surface area contributed by atoms with Crippen molar-refractivity contribution in [1.82, 2.24) is 15.2 Å². The van der Waals surface area contributed by atoms with E-state index in [0.717, 1.165) is 0 Å². The summed E-state index contributed by atoms with van der Waals surface area (Å²) in [6, 6.07) is 2.77. The Hall–Kier alpha value is -1.82. The summed E-state index contributed by atoms with van der Waals surface area (Å²) in [6.07, 6.45) is 1.84. The van der Waals surface area contributed by atoms with E-state index in [0.29, 0.717) is 23.8 Å². The molecule has 3 amide bonds. The van der Waals surface area contributed by atoms with E-state index in [-0.39, 0.29) is 24.0 Å². The number of aromatic nitrogens is 1. The first kappa shape index (κ1) is 14.6. The van der Waals surface area contributed by atoms with Crippen LogP contribution < -0.4 is 10.6 Å². The van der Waals surface area contributed by atoms with Crippen LogP contribution in [0, 0.1) is 0 Å². The summed E-state index contributed by atoms with van der Waals surface area (Å²) in [4.78, 5) is 29.3. The highest BCUT2D eigenvalue weighted by Crippen LogP contribution is 2.15. The van der Waals surface area contributed by atoms with Gasteiger partial charge in [-0.2, -0.15) is 0 Å². The second kappa shape index (κ2) is 6.09. The second-order valence-corrected chi connectivity index (χ2v) is 5.44. The van der Waals surface area contributed by atoms with Gasteiger partial charge in [0.1, 0.15) is 5.82 Å². The number of halogens is 1. The molecule has 0 aliphatic carbocycles. The molecule has 0 saturated carbocycles. The monoisotopic (exact) mass is 296 g/mol. The molecule has 1 saturated heterocycles. The van der Waals surface area contributed by atoms with Crippen LogP contribution in [0.15, 0.2) is 18.3 Å². The topological polar surface area (TPSA) is 74.3 Å². The molecule has 0 radical (unpaired) electrons. The van der Waals surface area contributed by atoms with Gasteiger partial charge >= 0.3 is 6.03 Å². The molecule has 0 spiro atoms. The van der Waals surface area contributed by atoms with Gasteiger partial charge < -0.3 is 10.2 Å². The maximum atomic E-state index is 11.8. The number of amides is 3. The van der Waals surface area contributed by atoms with Gasteiger partial charge in [-0.05, 0) is 26.0 Å². The van der Waals surface area contributed by atoms with Crippen LogP contribution in [0.4, 0.5) is 10.6 Å². The van der Waals surface area contributed by atoms with Gasteiger partial charge in [-0.15, -0.1) is 0 Å². The van der Waals surface area contributed by atoms with Gasteiger partial charge in [0.15, 0.2) is 0 Å². The van der Waals surface area contributed by atoms with E-state index in [2.05, 4.69) is 15.6 Å². The van der Waals surface area contributed by atoms with E-state index in [1.165, 1.54) is 6.20 Å². The second-order valence-electron chi connectivity index (χ2n) is 5.00. The Balaban J connectivity index is 1.88. The Morgan fingerprint density at radius 2 is 2.30 bits per heavy atom. The van der Waals surface area contributed by atoms with Gasteiger partial charge in [0, 0.05) is 30.2 Å². The van der Waals surface area contributed by atoms with Gasteiger partial charge in [0.25, 0.3) is 0 Å². The van der Waals surface area contributed by atoms with Gasteiger partial charge in [-0.3, -0.25) is 10.1 Å². The third kappa shape index (κ3) is 3.60. The lowest BCUT2D eigenvalue weighted by Gasteiger charge is -2.21. The van der Waals surface area contributed by atoms with Crippen molar-refractivity contribution in [1.29, 1.82) is 0 Å². The van der Waals surface area contributed by atoms with E-state index >= 15 is 0 Å². The summed E-state index contributed by atoms with van der Waals surface area (Å²) in [5.74, 6) is 0.436. The van der Waals surface area contributed by atoms with Crippen molar-refractivity contribution >= 4 is 29.4 Å². The predicted molar refractivity (Wildman–Crippen MR) is 76.7 cm³/mol. The highest BCUT2D eigenvalue weighted by atomic mass is 35.5. The molecule has 2 N–H and O–H groups in total. The molecule has 1 aliphatic heterocycles. The number of likely N-dealkylation sites (tertiary alicyclic amines) is 1. The van der Waals surface area contributed by atoms with E-state index in [1.807, 2.05) is 13.8 Å². The summed E-state index contributed by atoms with van der Waals surface area (Å²) in [6.45, 7) is 4.44. The fraction of sp³-hybridized carbons (Fsp3) is 0.462. The minimum atomic E-state index is -0.386. The van der Waals surface area contributed by atoms with Crippen LogP contribution in [0.5, 0.6) is 0 Å². The fourth-order valence-corrected chi connectivity index (χ4v) is 2.30. The molecular formula is C13H17ClN4O2. The highest BCUT2D eigenvalue weighted by molar-refractivity contribution is 6.30. The van der Waals surface area contributed by atoms with E-state index in [4.69, 9.17) is 11.6 Å². The first-order valence-corrected chi connectivity index (χ1v) is 6.82. The molecule has 2 heterocycles. The Morgan fingerprint density at radius 3 is 2.90 bits per heavy atom. The molecule has 0 aromatic carbocycles. The molecule has 108 valence electrons. The number of hydrogen-bond donors (Lipinski definition) is 2. The van der Waals surface area contributed by atoms with Crippen LogP contribution in [0.2, 0.25) is 5.02 Å². The van der Waals surface area contributed by atoms with E-state index < -0.39 is 0 Å². The lowest BCUT2D eigenvalue weighted by Crippen LogP contribution is -2.41. The number of urea groups is 1. The minimum Gasteiger partial charge on any atom is -0.338 e. The van der Waals surface area contributed by atoms with Gasteiger partial charge in [0.2, 0.25) is 5.91 Å². The van der Waals surface area contributed by atoms with Crippen molar-refractivity contribution < 1.29 is 9.59 Å². The smallest absolute Gasteiger partial charge is 0.320 e. The predicted octanol–water partition coefficient (Wildman–Crippen LogP) is 1.87. The fourth-order valence-electron chi connectivity index (χ4n) is 2.14. The van der Waals surface area contributed by atoms with Crippen LogP contribution >= 0.6 is 11.6 Å². The van der Waals surface area contributed by atoms with Crippen molar-refractivity contribution in [3.05, 3.63) is 23.4 Å². The standard InChI is InChI=1S/C13H17ClN4O2/c1-8(2)18-7-10(6-12(18)19)16-13(20)17-11-5-9(14)3-4-15-11/h3-5,8,10H,6-7H2,1-2H3,(H2,15,16,17,20). The lowest BCUT2D eigenvalue weighted by molar-refractivity contribution is -0.129. The van der Waals surface area contributed by atoms with Crippen LogP contribution in [0.3, 0.4) is 0 Å². The van der Waals surface area contributed by atoms with Gasteiger partial charge in [0.05, 0.1) is 6.04 Å². The number of nitrogens with zero attached hydrogens (tertiary/aromatic N) is 2. The number of nitrogens with one attached hydrogen (secondary N) is 2. The van der Waals surface area contributed by atoms with Gasteiger partial charge in [-0.25, -0.2) is 9.78 Å². The third-order valence-electron chi connectivity index (χ3n) is 3.08. The summed E-state index contributed by atoms with van der Waals surface area (Å²) in [7, 11) is 0. The first-order chi connectivity index (χ1) is 9.45. The molecule has 2 rings (SSSR count). The van der Waals surface area contributed by atoms with E-state index in [1.54, 1.807) is 17.0 Å². The number of anilines is 1. The molecule has 1 atom stereocenters. The van der Waals surface area contributed by atoms with E-state index in [9.17, 15) is 9.59 Å². The summed E-state index contributed by atoms with van der Waals surface area (Å²) in [5, 5.41) is 5.86. The normalized spacial score (nSPS) is 18.5. The average molecular weight is 297 g/mol. The number of carbonyl (C=O) groups excluding carboxylic acids is 2. The van der Waals surface area contributed by atoms with Crippen LogP contribution in [0.25, 0.3) is 0 Å². The lowest BCUT2D eigenvalue weighted by atomic mass is 10.2. The SMILES string of the molecule is CC(C)N1CC(NC(=O)Nc2cc(Cl)ccn2)CC1=O. The van der Waals surface area contributed by atoms with Crippen molar-refractivity contribution in [2.24, 2.45) is 0 Å². The number of carbonyl (C=O) groups is 2. The Kier molecular flexibility index (Phi) is 4.44. The molecule has 1 unspecified atom stereocenters. The number of rotatable bonds is 3. The van der Waals surface area contributed by atoms with Crippen LogP contribution in [-0.2, 0) is 4.79 Å². The Bertz CT molecular complexity index is 521. The largest absolute Gasteiger partial charge is 0.338 e. The molecule has 0 bridgehead atoms. The zero-order valence-corrected chi connectivity index (χ0v) is 12.1. The highest BCUT2D eigenvalue weighted by Gasteiger charge is 2.31. The molecule has 1 aromatic heterocycles. The Labute approximate surface area is 122 Å². The molecule has 7 heteroatoms. The summed E-state index contributed by atoms with van der Waals surface area (Å²) in [5.41, 5.74) is 0. The molecule has 1 aliphatic rings. The Morgan fingerprint density at radius 1 is 1.55 bits per heavy atom. The zero-order chi connectivity index (χ0) is 14.7. The first-order valence-electron chi connectivity index (χ1n) is 6.44. The average Bonchev–Trinajstić information content (AvgIpc) is 2.70. The molecule has 1 fully saturated rings. The summed E-state index contributed by atoms with van der Waals surface area (Å²) < 4.78 is 0. The third-order valence-corrected chi connectivity index (χ3v) is 3.32. The van der Waals surface area contributed by atoms with Crippen molar-refractivity contribution in [2.75, 3.05) is 11.9 Å². The molecule has 1 aromatic rings. The van der Waals surface area contributed by atoms with Crippen molar-refractivity contribution in [2.45, 2.75) is 32.4 Å². The maximum Gasteiger partial charge on any atom is 0.320 e. The number of pyridine rings is 1. The molecular weight excluding hydrogens is 280 g/mol. The van der Waals surface area contributed by atoms with Crippen LogP contribution in [0.1, 0.15) is 20.3 Å². The van der Waals surface area contributed by atoms with Crippen molar-refractivity contribution in [3.63, 3.8) is 0 Å². The van der Waals surface area contributed by atoms with Gasteiger partial charge in [-0.1, -0.05) is 11.6 Å². The summed E-state index contributed by atoms with van der Waals surface area (Å²) >= 11 is 5.81. The zero-order valence-electron chi connectivity index (χ0n) is 11.4. The molecule has 6 nitrogen and oxygen atoms in total. The minimum absolute atomic E-state index is 0.0613. The van der Waals surface area contributed by atoms with Crippen LogP contribution in [-0.4, -0.2) is 40.5 Å². The maximum absolute atomic E-state index is 11.8.